The number of likely N-dealkylation sites (N-methyl/N-ethyl adjacent to an activating group) is 1. The molecule has 0 aliphatic carbocycles. The van der Waals surface area contributed by atoms with Gasteiger partial charge in [-0.25, -0.2) is 4.90 Å². The number of rotatable bonds is 1. The lowest BCUT2D eigenvalue weighted by atomic mass is 9.90. The average molecular weight is 328 g/mol. The number of carbonyl (C=O) groups is 2. The first-order valence-electron chi connectivity index (χ1n) is 7.38. The second kappa shape index (κ2) is 5.06. The van der Waals surface area contributed by atoms with E-state index in [1.54, 1.807) is 24.4 Å². The van der Waals surface area contributed by atoms with Crippen molar-refractivity contribution in [1.29, 1.82) is 0 Å². The summed E-state index contributed by atoms with van der Waals surface area (Å²) < 4.78 is 0. The van der Waals surface area contributed by atoms with Gasteiger partial charge in [-0.2, -0.15) is 0 Å². The Morgan fingerprint density at radius 2 is 1.91 bits per heavy atom. The van der Waals surface area contributed by atoms with Crippen LogP contribution in [-0.2, 0) is 16.0 Å². The van der Waals surface area contributed by atoms with E-state index in [0.29, 0.717) is 17.1 Å². The van der Waals surface area contributed by atoms with Gasteiger partial charge in [-0.1, -0.05) is 29.8 Å². The van der Waals surface area contributed by atoms with Gasteiger partial charge in [-0.3, -0.25) is 14.6 Å². The standard InChI is InChI=1S/C17H14ClN3O2/c1-20-14-7-10(18)9-19-13(14)8-12-15(20)17(23)21(16(12)22)11-5-3-2-4-6-11/h2-7,9,12,15H,8H2,1H3/t12-,15+/m1/s1. The van der Waals surface area contributed by atoms with Crippen LogP contribution in [0.3, 0.4) is 0 Å². The van der Waals surface area contributed by atoms with Crippen molar-refractivity contribution in [1.82, 2.24) is 4.98 Å². The van der Waals surface area contributed by atoms with Crippen LogP contribution in [0.5, 0.6) is 0 Å². The summed E-state index contributed by atoms with van der Waals surface area (Å²) in [6.07, 6.45) is 2.03. The molecule has 2 amide bonds. The summed E-state index contributed by atoms with van der Waals surface area (Å²) >= 11 is 6.02. The highest BCUT2D eigenvalue weighted by Gasteiger charge is 2.52. The van der Waals surface area contributed by atoms with Crippen molar-refractivity contribution < 1.29 is 9.59 Å². The van der Waals surface area contributed by atoms with Crippen LogP contribution in [0.2, 0.25) is 5.02 Å². The molecule has 1 saturated heterocycles. The van der Waals surface area contributed by atoms with Crippen LogP contribution in [0.1, 0.15) is 5.69 Å². The highest BCUT2D eigenvalue weighted by Crippen LogP contribution is 2.39. The van der Waals surface area contributed by atoms with Gasteiger partial charge in [-0.05, 0) is 18.2 Å². The predicted octanol–water partition coefficient (Wildman–Crippen LogP) is 2.29. The maximum Gasteiger partial charge on any atom is 0.257 e. The maximum absolute atomic E-state index is 12.9. The van der Waals surface area contributed by atoms with Gasteiger partial charge in [0.05, 0.1) is 28.0 Å². The van der Waals surface area contributed by atoms with Gasteiger partial charge in [0.15, 0.2) is 0 Å². The van der Waals surface area contributed by atoms with Crippen LogP contribution in [-0.4, -0.2) is 29.9 Å². The predicted molar refractivity (Wildman–Crippen MR) is 87.6 cm³/mol. The number of aromatic nitrogens is 1. The molecule has 0 unspecified atom stereocenters. The molecule has 2 aromatic rings. The Labute approximate surface area is 138 Å². The molecule has 2 atom stereocenters. The Morgan fingerprint density at radius 1 is 1.17 bits per heavy atom. The number of carbonyl (C=O) groups excluding carboxylic acids is 2. The zero-order valence-electron chi connectivity index (χ0n) is 12.4. The maximum atomic E-state index is 12.9. The van der Waals surface area contributed by atoms with Crippen LogP contribution in [0, 0.1) is 5.92 Å². The van der Waals surface area contributed by atoms with Crippen LogP contribution in [0.25, 0.3) is 0 Å². The van der Waals surface area contributed by atoms with Crippen molar-refractivity contribution in [2.75, 3.05) is 16.8 Å². The molecule has 0 saturated carbocycles. The number of pyridine rings is 1. The fourth-order valence-electron chi connectivity index (χ4n) is 3.46. The number of amides is 2. The minimum atomic E-state index is -0.504. The molecular weight excluding hydrogens is 314 g/mol. The Bertz CT molecular complexity index is 809. The summed E-state index contributed by atoms with van der Waals surface area (Å²) in [4.78, 5) is 33.1. The van der Waals surface area contributed by atoms with Crippen molar-refractivity contribution in [3.8, 4) is 0 Å². The van der Waals surface area contributed by atoms with Crippen molar-refractivity contribution >= 4 is 34.8 Å². The molecule has 23 heavy (non-hydrogen) atoms. The largest absolute Gasteiger partial charge is 0.360 e. The normalized spacial score (nSPS) is 23.0. The number of benzene rings is 1. The fourth-order valence-corrected chi connectivity index (χ4v) is 3.61. The summed E-state index contributed by atoms with van der Waals surface area (Å²) in [5, 5.41) is 0.519. The number of para-hydroxylation sites is 1. The molecule has 1 fully saturated rings. The van der Waals surface area contributed by atoms with E-state index in [9.17, 15) is 9.59 Å². The van der Waals surface area contributed by atoms with E-state index in [1.807, 2.05) is 30.1 Å². The molecule has 1 aromatic heterocycles. The first-order valence-corrected chi connectivity index (χ1v) is 7.76. The van der Waals surface area contributed by atoms with Gasteiger partial charge in [0.2, 0.25) is 5.91 Å². The minimum Gasteiger partial charge on any atom is -0.360 e. The number of anilines is 2. The molecule has 0 radical (unpaired) electrons. The van der Waals surface area contributed by atoms with Gasteiger partial charge in [0, 0.05) is 19.7 Å². The number of halogens is 1. The van der Waals surface area contributed by atoms with Crippen molar-refractivity contribution in [2.24, 2.45) is 5.92 Å². The van der Waals surface area contributed by atoms with E-state index in [-0.39, 0.29) is 11.8 Å². The lowest BCUT2D eigenvalue weighted by Gasteiger charge is -2.34. The Kier molecular flexibility index (Phi) is 3.13. The van der Waals surface area contributed by atoms with Crippen LogP contribution in [0.15, 0.2) is 42.6 Å². The smallest absolute Gasteiger partial charge is 0.257 e. The van der Waals surface area contributed by atoms with Crippen LogP contribution >= 0.6 is 11.6 Å². The number of hydrogen-bond acceptors (Lipinski definition) is 4. The van der Waals surface area contributed by atoms with Crippen molar-refractivity contribution in [3.05, 3.63) is 53.3 Å². The molecule has 5 nitrogen and oxygen atoms in total. The Hall–Kier alpha value is -2.40. The highest BCUT2D eigenvalue weighted by atomic mass is 35.5. The number of nitrogens with zero attached hydrogens (tertiary/aromatic N) is 3. The zero-order chi connectivity index (χ0) is 16.1. The molecule has 2 aliphatic rings. The van der Waals surface area contributed by atoms with Gasteiger partial charge in [-0.15, -0.1) is 0 Å². The second-order valence-corrected chi connectivity index (χ2v) is 6.27. The van der Waals surface area contributed by atoms with Gasteiger partial charge < -0.3 is 4.90 Å². The second-order valence-electron chi connectivity index (χ2n) is 5.83. The SMILES string of the molecule is CN1c2cc(Cl)cnc2C[C@H]2C(=O)N(c3ccccc3)C(=O)[C@H]21. The van der Waals surface area contributed by atoms with E-state index in [2.05, 4.69) is 4.98 Å². The lowest BCUT2D eigenvalue weighted by molar-refractivity contribution is -0.122. The summed E-state index contributed by atoms with van der Waals surface area (Å²) in [6, 6.07) is 10.3. The summed E-state index contributed by atoms with van der Waals surface area (Å²) in [6.45, 7) is 0. The molecule has 116 valence electrons. The summed E-state index contributed by atoms with van der Waals surface area (Å²) in [5.74, 6) is -0.770. The topological polar surface area (TPSA) is 53.5 Å². The van der Waals surface area contributed by atoms with E-state index in [0.717, 1.165) is 11.4 Å². The summed E-state index contributed by atoms with van der Waals surface area (Å²) in [7, 11) is 1.81. The Morgan fingerprint density at radius 3 is 2.65 bits per heavy atom. The van der Waals surface area contributed by atoms with Gasteiger partial charge in [0.25, 0.3) is 5.91 Å². The van der Waals surface area contributed by atoms with Crippen LogP contribution in [0.4, 0.5) is 11.4 Å². The lowest BCUT2D eigenvalue weighted by Crippen LogP contribution is -2.46. The van der Waals surface area contributed by atoms with Gasteiger partial charge in [0.1, 0.15) is 6.04 Å². The van der Waals surface area contributed by atoms with E-state index < -0.39 is 12.0 Å². The zero-order valence-corrected chi connectivity index (χ0v) is 13.2. The molecule has 6 heteroatoms. The average Bonchev–Trinajstić information content (AvgIpc) is 2.80. The first kappa shape index (κ1) is 14.2. The van der Waals surface area contributed by atoms with E-state index in [1.165, 1.54) is 4.90 Å². The van der Waals surface area contributed by atoms with E-state index in [4.69, 9.17) is 11.6 Å². The van der Waals surface area contributed by atoms with E-state index >= 15 is 0 Å². The molecule has 0 bridgehead atoms. The number of fused-ring (bicyclic) bond motifs is 2. The third-order valence-electron chi connectivity index (χ3n) is 4.53. The van der Waals surface area contributed by atoms with Gasteiger partial charge >= 0.3 is 0 Å². The summed E-state index contributed by atoms with van der Waals surface area (Å²) in [5.41, 5.74) is 2.23. The molecule has 3 heterocycles. The molecule has 0 spiro atoms. The number of imide groups is 1. The molecular formula is C17H14ClN3O2. The fraction of sp³-hybridized carbons (Fsp3) is 0.235. The monoisotopic (exact) mass is 327 g/mol. The third-order valence-corrected chi connectivity index (χ3v) is 4.74. The third kappa shape index (κ3) is 2.04. The highest BCUT2D eigenvalue weighted by molar-refractivity contribution is 6.31. The van der Waals surface area contributed by atoms with Crippen LogP contribution < -0.4 is 9.80 Å². The molecule has 1 aromatic carbocycles. The first-order chi connectivity index (χ1) is 11.1. The van der Waals surface area contributed by atoms with Crippen molar-refractivity contribution in [3.63, 3.8) is 0 Å². The minimum absolute atomic E-state index is 0.166. The number of hydrogen-bond donors (Lipinski definition) is 0. The molecule has 2 aliphatic heterocycles. The Balaban J connectivity index is 1.78. The molecule has 0 N–H and O–H groups in total. The molecule has 4 rings (SSSR count). The quantitative estimate of drug-likeness (QED) is 0.754. The van der Waals surface area contributed by atoms with Crippen molar-refractivity contribution in [2.45, 2.75) is 12.5 Å².